The summed E-state index contributed by atoms with van der Waals surface area (Å²) in [5, 5.41) is -0.0257. The molecule has 0 radical (unpaired) electrons. The zero-order valence-electron chi connectivity index (χ0n) is 20.1. The molecule has 3 aromatic rings. The van der Waals surface area contributed by atoms with Gasteiger partial charge in [0.15, 0.2) is 0 Å². The van der Waals surface area contributed by atoms with Gasteiger partial charge in [-0.25, -0.2) is 8.42 Å². The molecule has 0 unspecified atom stereocenters. The predicted octanol–water partition coefficient (Wildman–Crippen LogP) is 5.74. The number of rotatable bonds is 5. The molecule has 1 N–H and O–H groups in total. The minimum Gasteiger partial charge on any atom is -0.368 e. The molecule has 0 spiro atoms. The number of sulfonamides is 1. The molecule has 0 bridgehead atoms. The van der Waals surface area contributed by atoms with Gasteiger partial charge in [0.05, 0.1) is 10.6 Å². The first kappa shape index (κ1) is 26.8. The number of halogens is 4. The molecule has 1 heterocycles. The van der Waals surface area contributed by atoms with Crippen LogP contribution in [0.15, 0.2) is 65.6 Å². The number of amides is 1. The van der Waals surface area contributed by atoms with E-state index in [0.29, 0.717) is 24.5 Å². The van der Waals surface area contributed by atoms with E-state index in [-0.39, 0.29) is 34.5 Å². The van der Waals surface area contributed by atoms with Crippen LogP contribution < -0.4 is 9.62 Å². The van der Waals surface area contributed by atoms with Crippen LogP contribution in [0.25, 0.3) is 0 Å². The van der Waals surface area contributed by atoms with Gasteiger partial charge in [0.2, 0.25) is 0 Å². The third-order valence-electron chi connectivity index (χ3n) is 6.33. The van der Waals surface area contributed by atoms with Crippen molar-refractivity contribution in [1.29, 1.82) is 0 Å². The molecule has 11 heteroatoms. The summed E-state index contributed by atoms with van der Waals surface area (Å²) in [6.07, 6.45) is -4.44. The first-order chi connectivity index (χ1) is 17.3. The van der Waals surface area contributed by atoms with Gasteiger partial charge in [0, 0.05) is 43.1 Å². The van der Waals surface area contributed by atoms with E-state index in [1.807, 2.05) is 13.8 Å². The highest BCUT2D eigenvalue weighted by Crippen LogP contribution is 2.32. The minimum absolute atomic E-state index is 0.0257. The van der Waals surface area contributed by atoms with Crippen LogP contribution in [0.5, 0.6) is 0 Å². The maximum Gasteiger partial charge on any atom is 0.416 e. The normalized spacial score (nSPS) is 14.5. The average Bonchev–Trinajstić information content (AvgIpc) is 2.85. The van der Waals surface area contributed by atoms with Crippen LogP contribution in [0.3, 0.4) is 0 Å². The van der Waals surface area contributed by atoms with E-state index in [9.17, 15) is 26.4 Å². The van der Waals surface area contributed by atoms with Gasteiger partial charge >= 0.3 is 6.18 Å². The second-order valence-electron chi connectivity index (χ2n) is 8.88. The zero-order chi connectivity index (χ0) is 27.0. The fourth-order valence-electron chi connectivity index (χ4n) is 4.09. The van der Waals surface area contributed by atoms with Crippen molar-refractivity contribution < 1.29 is 26.4 Å². The molecule has 4 rings (SSSR count). The first-order valence-electron chi connectivity index (χ1n) is 11.5. The molecule has 6 nitrogen and oxygen atoms in total. The van der Waals surface area contributed by atoms with Crippen LogP contribution >= 0.6 is 11.6 Å². The number of anilines is 2. The molecular formula is C26H25ClF3N3O3S. The van der Waals surface area contributed by atoms with E-state index >= 15 is 0 Å². The van der Waals surface area contributed by atoms with Crippen molar-refractivity contribution in [2.24, 2.45) is 0 Å². The number of aryl methyl sites for hydroxylation is 2. The number of alkyl halides is 3. The molecule has 1 fully saturated rings. The standard InChI is InChI=1S/C26H25ClF3N3O3S/c1-17-6-8-21(14-18(17)2)31-37(35,36)24-15-19(7-9-23(24)27)25(34)33-12-10-32(11-13-33)22-5-3-4-20(16-22)26(28,29)30/h3-9,14-16,31H,10-13H2,1-2H3. The monoisotopic (exact) mass is 551 g/mol. The van der Waals surface area contributed by atoms with Crippen LogP contribution in [0.4, 0.5) is 24.5 Å². The summed E-state index contributed by atoms with van der Waals surface area (Å²) in [6.45, 7) is 4.98. The highest BCUT2D eigenvalue weighted by atomic mass is 35.5. The van der Waals surface area contributed by atoms with Gasteiger partial charge < -0.3 is 9.80 Å². The molecule has 1 aliphatic heterocycles. The molecule has 0 aromatic heterocycles. The number of hydrogen-bond donors (Lipinski definition) is 1. The number of nitrogens with zero attached hydrogens (tertiary/aromatic N) is 2. The van der Waals surface area contributed by atoms with Gasteiger partial charge in [-0.15, -0.1) is 0 Å². The Morgan fingerprint density at radius 3 is 2.27 bits per heavy atom. The van der Waals surface area contributed by atoms with Crippen LogP contribution in [-0.2, 0) is 16.2 Å². The summed E-state index contributed by atoms with van der Waals surface area (Å²) in [5.41, 5.74) is 2.16. The van der Waals surface area contributed by atoms with Gasteiger partial charge in [-0.3, -0.25) is 9.52 Å². The van der Waals surface area contributed by atoms with E-state index in [0.717, 1.165) is 23.3 Å². The van der Waals surface area contributed by atoms with Gasteiger partial charge in [0.25, 0.3) is 15.9 Å². The summed E-state index contributed by atoms with van der Waals surface area (Å²) < 4.78 is 67.8. The second-order valence-corrected chi connectivity index (χ2v) is 10.9. The maximum absolute atomic E-state index is 13.2. The number of carbonyl (C=O) groups excluding carboxylic acids is 1. The quantitative estimate of drug-likeness (QED) is 0.439. The average molecular weight is 552 g/mol. The number of piperazine rings is 1. The first-order valence-corrected chi connectivity index (χ1v) is 13.3. The van der Waals surface area contributed by atoms with Crippen molar-refractivity contribution in [3.05, 3.63) is 87.9 Å². The largest absolute Gasteiger partial charge is 0.416 e. The van der Waals surface area contributed by atoms with Gasteiger partial charge in [-0.05, 0) is 73.5 Å². The summed E-state index contributed by atoms with van der Waals surface area (Å²) in [6, 6.07) is 14.3. The Labute approximate surface area is 218 Å². The molecule has 0 saturated carbocycles. The third kappa shape index (κ3) is 6.02. The molecule has 0 aliphatic carbocycles. The smallest absolute Gasteiger partial charge is 0.368 e. The Balaban J connectivity index is 1.48. The van der Waals surface area contributed by atoms with E-state index in [1.54, 1.807) is 34.1 Å². The lowest BCUT2D eigenvalue weighted by Gasteiger charge is -2.36. The topological polar surface area (TPSA) is 69.7 Å². The van der Waals surface area contributed by atoms with Crippen LogP contribution in [0.1, 0.15) is 27.0 Å². The number of benzene rings is 3. The third-order valence-corrected chi connectivity index (χ3v) is 8.20. The van der Waals surface area contributed by atoms with Crippen molar-refractivity contribution >= 4 is 38.9 Å². The Morgan fingerprint density at radius 2 is 1.62 bits per heavy atom. The molecule has 37 heavy (non-hydrogen) atoms. The SMILES string of the molecule is Cc1ccc(NS(=O)(=O)c2cc(C(=O)N3CCN(c4cccc(C(F)(F)F)c4)CC3)ccc2Cl)cc1C. The lowest BCUT2D eigenvalue weighted by atomic mass is 10.1. The van der Waals surface area contributed by atoms with E-state index < -0.39 is 21.8 Å². The van der Waals surface area contributed by atoms with Crippen LogP contribution in [0, 0.1) is 13.8 Å². The minimum atomic E-state index is -4.44. The fraction of sp³-hybridized carbons (Fsp3) is 0.269. The van der Waals surface area contributed by atoms with Gasteiger partial charge in [-0.1, -0.05) is 23.7 Å². The Morgan fingerprint density at radius 1 is 0.919 bits per heavy atom. The Bertz CT molecular complexity index is 1440. The lowest BCUT2D eigenvalue weighted by Crippen LogP contribution is -2.48. The summed E-state index contributed by atoms with van der Waals surface area (Å²) in [5.74, 6) is -0.386. The van der Waals surface area contributed by atoms with Crippen molar-refractivity contribution in [1.82, 2.24) is 4.90 Å². The zero-order valence-corrected chi connectivity index (χ0v) is 21.7. The van der Waals surface area contributed by atoms with Crippen LogP contribution in [-0.4, -0.2) is 45.4 Å². The van der Waals surface area contributed by atoms with Crippen molar-refractivity contribution in [3.8, 4) is 0 Å². The molecular weight excluding hydrogens is 527 g/mol. The van der Waals surface area contributed by atoms with Crippen molar-refractivity contribution in [2.45, 2.75) is 24.9 Å². The van der Waals surface area contributed by atoms with Crippen molar-refractivity contribution in [3.63, 3.8) is 0 Å². The number of carbonyl (C=O) groups is 1. The summed E-state index contributed by atoms with van der Waals surface area (Å²) >= 11 is 6.19. The highest BCUT2D eigenvalue weighted by molar-refractivity contribution is 7.92. The van der Waals surface area contributed by atoms with Gasteiger partial charge in [-0.2, -0.15) is 13.2 Å². The van der Waals surface area contributed by atoms with Crippen LogP contribution in [0.2, 0.25) is 5.02 Å². The van der Waals surface area contributed by atoms with E-state index in [4.69, 9.17) is 11.6 Å². The molecule has 1 aliphatic rings. The molecule has 1 saturated heterocycles. The van der Waals surface area contributed by atoms with E-state index in [2.05, 4.69) is 4.72 Å². The van der Waals surface area contributed by atoms with E-state index in [1.165, 1.54) is 24.3 Å². The summed E-state index contributed by atoms with van der Waals surface area (Å²) in [4.78, 5) is 16.3. The Kier molecular flexibility index (Phi) is 7.43. The molecule has 1 amide bonds. The second kappa shape index (κ2) is 10.3. The number of nitrogens with one attached hydrogen (secondary N) is 1. The molecule has 196 valence electrons. The van der Waals surface area contributed by atoms with Gasteiger partial charge in [0.1, 0.15) is 4.90 Å². The van der Waals surface area contributed by atoms with Crippen molar-refractivity contribution in [2.75, 3.05) is 35.8 Å². The number of hydrogen-bond acceptors (Lipinski definition) is 4. The maximum atomic E-state index is 13.2. The lowest BCUT2D eigenvalue weighted by molar-refractivity contribution is -0.137. The predicted molar refractivity (Wildman–Crippen MR) is 138 cm³/mol. The fourth-order valence-corrected chi connectivity index (χ4v) is 5.66. The molecule has 3 aromatic carbocycles. The summed E-state index contributed by atoms with van der Waals surface area (Å²) in [7, 11) is -4.07. The highest BCUT2D eigenvalue weighted by Gasteiger charge is 2.31. The molecule has 0 atom stereocenters. The Hall–Kier alpha value is -3.24.